The highest BCUT2D eigenvalue weighted by atomic mass is 35.5. The lowest BCUT2D eigenvalue weighted by Gasteiger charge is -2.39. The second kappa shape index (κ2) is 7.17. The SMILES string of the molecule is CC1C(=O)N(c2ccc3c(c2)CCC3)CCN1C(=O)c1ccc(Cl)c(Cl)c1. The molecule has 2 aromatic rings. The third kappa shape index (κ3) is 3.32. The van der Waals surface area contributed by atoms with Crippen LogP contribution in [-0.4, -0.2) is 35.8 Å². The van der Waals surface area contributed by atoms with Crippen LogP contribution in [0.2, 0.25) is 10.0 Å². The van der Waals surface area contributed by atoms with E-state index in [0.717, 1.165) is 18.5 Å². The van der Waals surface area contributed by atoms with Crippen LogP contribution in [0.5, 0.6) is 0 Å². The molecule has 2 aromatic carbocycles. The molecule has 140 valence electrons. The first-order valence-corrected chi connectivity index (χ1v) is 9.90. The number of aryl methyl sites for hydroxylation is 2. The van der Waals surface area contributed by atoms with Crippen LogP contribution in [-0.2, 0) is 17.6 Å². The summed E-state index contributed by atoms with van der Waals surface area (Å²) in [5.41, 5.74) is 4.08. The summed E-state index contributed by atoms with van der Waals surface area (Å²) < 4.78 is 0. The maximum absolute atomic E-state index is 13.0. The molecule has 1 aliphatic heterocycles. The average Bonchev–Trinajstić information content (AvgIpc) is 3.13. The number of benzene rings is 2. The van der Waals surface area contributed by atoms with Gasteiger partial charge in [-0.05, 0) is 67.6 Å². The van der Waals surface area contributed by atoms with Gasteiger partial charge in [0.15, 0.2) is 0 Å². The van der Waals surface area contributed by atoms with Crippen LogP contribution in [0.1, 0.15) is 34.8 Å². The van der Waals surface area contributed by atoms with Gasteiger partial charge in [-0.3, -0.25) is 9.59 Å². The van der Waals surface area contributed by atoms with Crippen LogP contribution in [0.4, 0.5) is 5.69 Å². The normalized spacial score (nSPS) is 19.4. The van der Waals surface area contributed by atoms with Crippen LogP contribution >= 0.6 is 23.2 Å². The van der Waals surface area contributed by atoms with E-state index in [4.69, 9.17) is 23.2 Å². The van der Waals surface area contributed by atoms with Gasteiger partial charge in [0, 0.05) is 24.3 Å². The van der Waals surface area contributed by atoms with E-state index in [0.29, 0.717) is 28.7 Å². The number of carbonyl (C=O) groups excluding carboxylic acids is 2. The summed E-state index contributed by atoms with van der Waals surface area (Å²) in [5.74, 6) is -0.268. The molecule has 1 fully saturated rings. The highest BCUT2D eigenvalue weighted by molar-refractivity contribution is 6.42. The molecule has 1 unspecified atom stereocenters. The minimum atomic E-state index is -0.533. The molecule has 4 nitrogen and oxygen atoms in total. The number of amides is 2. The molecule has 2 aliphatic rings. The number of hydrogen-bond donors (Lipinski definition) is 0. The van der Waals surface area contributed by atoms with Crippen LogP contribution in [0.15, 0.2) is 36.4 Å². The maximum atomic E-state index is 13.0. The third-order valence-electron chi connectivity index (χ3n) is 5.48. The Kier molecular flexibility index (Phi) is 4.87. The van der Waals surface area contributed by atoms with Crippen molar-refractivity contribution in [3.8, 4) is 0 Å². The molecule has 6 heteroatoms. The van der Waals surface area contributed by atoms with E-state index < -0.39 is 6.04 Å². The Bertz CT molecular complexity index is 928. The van der Waals surface area contributed by atoms with E-state index in [-0.39, 0.29) is 11.8 Å². The summed E-state index contributed by atoms with van der Waals surface area (Å²) in [6, 6.07) is 10.5. The predicted octanol–water partition coefficient (Wildman–Crippen LogP) is 4.36. The third-order valence-corrected chi connectivity index (χ3v) is 6.22. The van der Waals surface area contributed by atoms with Crippen LogP contribution < -0.4 is 4.90 Å². The van der Waals surface area contributed by atoms with Crippen molar-refractivity contribution in [1.29, 1.82) is 0 Å². The van der Waals surface area contributed by atoms with Gasteiger partial charge < -0.3 is 9.80 Å². The van der Waals surface area contributed by atoms with Gasteiger partial charge >= 0.3 is 0 Å². The summed E-state index contributed by atoms with van der Waals surface area (Å²) in [6.07, 6.45) is 3.36. The average molecular weight is 403 g/mol. The number of nitrogens with zero attached hydrogens (tertiary/aromatic N) is 2. The van der Waals surface area contributed by atoms with Crippen molar-refractivity contribution in [1.82, 2.24) is 4.90 Å². The zero-order valence-electron chi connectivity index (χ0n) is 15.0. The topological polar surface area (TPSA) is 40.6 Å². The van der Waals surface area contributed by atoms with E-state index in [2.05, 4.69) is 12.1 Å². The zero-order valence-corrected chi connectivity index (χ0v) is 16.6. The van der Waals surface area contributed by atoms with Crippen LogP contribution in [0.25, 0.3) is 0 Å². The molecule has 1 aliphatic carbocycles. The van der Waals surface area contributed by atoms with E-state index in [1.54, 1.807) is 34.9 Å². The van der Waals surface area contributed by atoms with Crippen molar-refractivity contribution in [2.24, 2.45) is 0 Å². The van der Waals surface area contributed by atoms with E-state index in [1.165, 1.54) is 17.5 Å². The highest BCUT2D eigenvalue weighted by Gasteiger charge is 2.35. The van der Waals surface area contributed by atoms with Crippen molar-refractivity contribution in [3.63, 3.8) is 0 Å². The summed E-state index contributed by atoms with van der Waals surface area (Å²) in [5, 5.41) is 0.733. The molecule has 4 rings (SSSR count). The van der Waals surface area contributed by atoms with Gasteiger partial charge in [0.25, 0.3) is 5.91 Å². The van der Waals surface area contributed by atoms with E-state index in [9.17, 15) is 9.59 Å². The largest absolute Gasteiger partial charge is 0.325 e. The predicted molar refractivity (Wildman–Crippen MR) is 108 cm³/mol. The summed E-state index contributed by atoms with van der Waals surface area (Å²) in [6.45, 7) is 2.73. The number of anilines is 1. The van der Waals surface area contributed by atoms with Gasteiger partial charge in [-0.1, -0.05) is 29.3 Å². The smallest absolute Gasteiger partial charge is 0.254 e. The number of hydrogen-bond acceptors (Lipinski definition) is 2. The Hall–Kier alpha value is -2.04. The molecule has 0 saturated carbocycles. The second-order valence-corrected chi connectivity index (χ2v) is 7.91. The lowest BCUT2D eigenvalue weighted by Crippen LogP contribution is -2.57. The molecule has 0 aromatic heterocycles. The van der Waals surface area contributed by atoms with Gasteiger partial charge in [-0.15, -0.1) is 0 Å². The standard InChI is InChI=1S/C21H20Cl2N2O2/c1-13-20(26)25(17-7-5-14-3-2-4-15(14)11-17)10-9-24(13)21(27)16-6-8-18(22)19(23)12-16/h5-8,11-13H,2-4,9-10H2,1H3. The fourth-order valence-electron chi connectivity index (χ4n) is 3.93. The fraction of sp³-hybridized carbons (Fsp3) is 0.333. The summed E-state index contributed by atoms with van der Waals surface area (Å²) in [7, 11) is 0. The van der Waals surface area contributed by atoms with E-state index in [1.807, 2.05) is 6.07 Å². The Morgan fingerprint density at radius 3 is 2.56 bits per heavy atom. The van der Waals surface area contributed by atoms with Gasteiger partial charge in [-0.25, -0.2) is 0 Å². The Morgan fingerprint density at radius 1 is 1.00 bits per heavy atom. The number of carbonyl (C=O) groups is 2. The maximum Gasteiger partial charge on any atom is 0.254 e. The van der Waals surface area contributed by atoms with Crippen LogP contribution in [0, 0.1) is 0 Å². The van der Waals surface area contributed by atoms with E-state index >= 15 is 0 Å². The quantitative estimate of drug-likeness (QED) is 0.748. The Morgan fingerprint density at radius 2 is 1.78 bits per heavy atom. The van der Waals surface area contributed by atoms with Crippen molar-refractivity contribution in [3.05, 3.63) is 63.1 Å². The van der Waals surface area contributed by atoms with Crippen molar-refractivity contribution < 1.29 is 9.59 Å². The number of halogens is 2. The fourth-order valence-corrected chi connectivity index (χ4v) is 4.22. The molecule has 0 spiro atoms. The number of piperazine rings is 1. The summed E-state index contributed by atoms with van der Waals surface area (Å²) in [4.78, 5) is 29.2. The molecular weight excluding hydrogens is 383 g/mol. The van der Waals surface area contributed by atoms with Crippen molar-refractivity contribution >= 4 is 40.7 Å². The molecule has 2 amide bonds. The van der Waals surface area contributed by atoms with Gasteiger partial charge in [0.2, 0.25) is 5.91 Å². The first-order chi connectivity index (χ1) is 13.0. The molecule has 1 saturated heterocycles. The highest BCUT2D eigenvalue weighted by Crippen LogP contribution is 2.29. The van der Waals surface area contributed by atoms with Crippen LogP contribution in [0.3, 0.4) is 0 Å². The van der Waals surface area contributed by atoms with Crippen molar-refractivity contribution in [2.75, 3.05) is 18.0 Å². The molecule has 1 atom stereocenters. The number of rotatable bonds is 2. The first-order valence-electron chi connectivity index (χ1n) is 9.15. The van der Waals surface area contributed by atoms with Gasteiger partial charge in [-0.2, -0.15) is 0 Å². The minimum absolute atomic E-state index is 0.0624. The molecule has 0 N–H and O–H groups in total. The molecule has 1 heterocycles. The Labute approximate surface area is 168 Å². The minimum Gasteiger partial charge on any atom is -0.325 e. The second-order valence-electron chi connectivity index (χ2n) is 7.10. The van der Waals surface area contributed by atoms with Gasteiger partial charge in [0.05, 0.1) is 10.0 Å². The summed E-state index contributed by atoms with van der Waals surface area (Å²) >= 11 is 12.0. The monoisotopic (exact) mass is 402 g/mol. The first kappa shape index (κ1) is 18.3. The Balaban J connectivity index is 1.54. The van der Waals surface area contributed by atoms with Crippen molar-refractivity contribution in [2.45, 2.75) is 32.2 Å². The van der Waals surface area contributed by atoms with Gasteiger partial charge in [0.1, 0.15) is 6.04 Å². The lowest BCUT2D eigenvalue weighted by molar-refractivity contribution is -0.124. The number of fused-ring (bicyclic) bond motifs is 1. The zero-order chi connectivity index (χ0) is 19.1. The molecular formula is C21H20Cl2N2O2. The molecule has 27 heavy (non-hydrogen) atoms. The lowest BCUT2D eigenvalue weighted by atomic mass is 10.1. The molecule has 0 bridgehead atoms. The molecule has 0 radical (unpaired) electrons.